The van der Waals surface area contributed by atoms with Gasteiger partial charge in [0.25, 0.3) is 0 Å². The third kappa shape index (κ3) is 3.20. The van der Waals surface area contributed by atoms with Crippen LogP contribution in [0.4, 0.5) is 0 Å². The quantitative estimate of drug-likeness (QED) is 0.889. The van der Waals surface area contributed by atoms with Crippen molar-refractivity contribution in [2.45, 2.75) is 25.4 Å². The van der Waals surface area contributed by atoms with E-state index in [-0.39, 0.29) is 6.61 Å². The molecule has 0 radical (unpaired) electrons. The molecule has 1 N–H and O–H groups in total. The lowest BCUT2D eigenvalue weighted by Gasteiger charge is -2.18. The van der Waals surface area contributed by atoms with Gasteiger partial charge in [-0.1, -0.05) is 11.6 Å². The van der Waals surface area contributed by atoms with Crippen molar-refractivity contribution >= 4 is 11.6 Å². The molecule has 0 unspecified atom stereocenters. The minimum Gasteiger partial charge on any atom is -0.439 e. The highest BCUT2D eigenvalue weighted by Gasteiger charge is 2.29. The Kier molecular flexibility index (Phi) is 4.05. The van der Waals surface area contributed by atoms with Crippen LogP contribution in [0.3, 0.4) is 0 Å². The van der Waals surface area contributed by atoms with Gasteiger partial charge < -0.3 is 9.52 Å². The van der Waals surface area contributed by atoms with Crippen LogP contribution < -0.4 is 0 Å². The average Bonchev–Trinajstić information content (AvgIpc) is 3.20. The molecule has 1 fully saturated rings. The molecule has 5 heteroatoms. The standard InChI is InChI=1S/C15H17ClN2O2/c16-12-3-1-11(2-4-12)14-9-17-15(20-14)10-18(7-8-19)13-5-6-13/h1-4,9,13,19H,5-8,10H2. The molecule has 0 spiro atoms. The fourth-order valence-corrected chi connectivity index (χ4v) is 2.39. The average molecular weight is 293 g/mol. The first-order valence-corrected chi connectivity index (χ1v) is 7.19. The Morgan fingerprint density at radius 2 is 2.05 bits per heavy atom. The fraction of sp³-hybridized carbons (Fsp3) is 0.400. The number of nitrogens with zero attached hydrogens (tertiary/aromatic N) is 2. The van der Waals surface area contributed by atoms with E-state index >= 15 is 0 Å². The van der Waals surface area contributed by atoms with Gasteiger partial charge in [0.2, 0.25) is 5.89 Å². The summed E-state index contributed by atoms with van der Waals surface area (Å²) >= 11 is 5.87. The summed E-state index contributed by atoms with van der Waals surface area (Å²) in [5.41, 5.74) is 0.966. The van der Waals surface area contributed by atoms with Crippen molar-refractivity contribution in [3.8, 4) is 11.3 Å². The molecule has 0 aliphatic heterocycles. The van der Waals surface area contributed by atoms with E-state index in [9.17, 15) is 0 Å². The number of aromatic nitrogens is 1. The molecule has 1 aliphatic rings. The molecule has 3 rings (SSSR count). The molecule has 0 bridgehead atoms. The van der Waals surface area contributed by atoms with Gasteiger partial charge in [-0.2, -0.15) is 0 Å². The van der Waals surface area contributed by atoms with E-state index in [1.807, 2.05) is 24.3 Å². The second kappa shape index (κ2) is 5.95. The molecule has 1 saturated carbocycles. The summed E-state index contributed by atoms with van der Waals surface area (Å²) in [4.78, 5) is 6.54. The largest absolute Gasteiger partial charge is 0.439 e. The van der Waals surface area contributed by atoms with Gasteiger partial charge in [0, 0.05) is 23.2 Å². The molecule has 0 atom stereocenters. The first-order chi connectivity index (χ1) is 9.76. The molecular weight excluding hydrogens is 276 g/mol. The van der Waals surface area contributed by atoms with Gasteiger partial charge in [0.15, 0.2) is 5.76 Å². The van der Waals surface area contributed by atoms with Crippen molar-refractivity contribution in [2.75, 3.05) is 13.2 Å². The van der Waals surface area contributed by atoms with E-state index in [1.165, 1.54) is 12.8 Å². The Balaban J connectivity index is 1.71. The molecule has 106 valence electrons. The van der Waals surface area contributed by atoms with Gasteiger partial charge in [0.1, 0.15) is 0 Å². The number of aliphatic hydroxyl groups excluding tert-OH is 1. The van der Waals surface area contributed by atoms with Crippen LogP contribution in [0.25, 0.3) is 11.3 Å². The van der Waals surface area contributed by atoms with Gasteiger partial charge >= 0.3 is 0 Å². The molecule has 1 aliphatic carbocycles. The monoisotopic (exact) mass is 292 g/mol. The number of oxazole rings is 1. The highest BCUT2D eigenvalue weighted by Crippen LogP contribution is 2.29. The summed E-state index contributed by atoms with van der Waals surface area (Å²) in [6, 6.07) is 8.08. The van der Waals surface area contributed by atoms with Crippen molar-refractivity contribution in [1.82, 2.24) is 9.88 Å². The molecule has 1 heterocycles. The van der Waals surface area contributed by atoms with E-state index in [2.05, 4.69) is 9.88 Å². The van der Waals surface area contributed by atoms with Crippen molar-refractivity contribution in [3.05, 3.63) is 41.4 Å². The number of aliphatic hydroxyl groups is 1. The summed E-state index contributed by atoms with van der Waals surface area (Å²) in [6.07, 6.45) is 4.14. The summed E-state index contributed by atoms with van der Waals surface area (Å²) in [7, 11) is 0. The second-order valence-corrected chi connectivity index (χ2v) is 5.49. The zero-order chi connectivity index (χ0) is 13.9. The number of hydrogen-bond donors (Lipinski definition) is 1. The SMILES string of the molecule is OCCN(Cc1ncc(-c2ccc(Cl)cc2)o1)C1CC1. The zero-order valence-electron chi connectivity index (χ0n) is 11.1. The van der Waals surface area contributed by atoms with Gasteiger partial charge in [0.05, 0.1) is 19.3 Å². The molecule has 2 aromatic rings. The van der Waals surface area contributed by atoms with Crippen LogP contribution in [-0.4, -0.2) is 34.2 Å². The molecule has 4 nitrogen and oxygen atoms in total. The first-order valence-electron chi connectivity index (χ1n) is 6.82. The van der Waals surface area contributed by atoms with Crippen LogP contribution in [-0.2, 0) is 6.54 Å². The lowest BCUT2D eigenvalue weighted by atomic mass is 10.2. The highest BCUT2D eigenvalue weighted by molar-refractivity contribution is 6.30. The van der Waals surface area contributed by atoms with Gasteiger partial charge in [-0.25, -0.2) is 4.98 Å². The van der Waals surface area contributed by atoms with E-state index in [0.717, 1.165) is 11.3 Å². The fourth-order valence-electron chi connectivity index (χ4n) is 2.26. The minimum absolute atomic E-state index is 0.168. The Morgan fingerprint density at radius 3 is 2.70 bits per heavy atom. The maximum atomic E-state index is 9.10. The predicted molar refractivity (Wildman–Crippen MR) is 77.5 cm³/mol. The van der Waals surface area contributed by atoms with Crippen molar-refractivity contribution in [3.63, 3.8) is 0 Å². The van der Waals surface area contributed by atoms with Crippen LogP contribution in [0.2, 0.25) is 5.02 Å². The number of hydrogen-bond acceptors (Lipinski definition) is 4. The normalized spacial score (nSPS) is 14.9. The smallest absolute Gasteiger partial charge is 0.209 e. The maximum absolute atomic E-state index is 9.10. The van der Waals surface area contributed by atoms with Gasteiger partial charge in [-0.05, 0) is 37.1 Å². The van der Waals surface area contributed by atoms with E-state index in [0.29, 0.717) is 30.0 Å². The van der Waals surface area contributed by atoms with Crippen LogP contribution in [0, 0.1) is 0 Å². The molecule has 1 aromatic heterocycles. The third-order valence-corrected chi connectivity index (χ3v) is 3.72. The van der Waals surface area contributed by atoms with Crippen molar-refractivity contribution in [2.24, 2.45) is 0 Å². The molecular formula is C15H17ClN2O2. The first kappa shape index (κ1) is 13.6. The topological polar surface area (TPSA) is 49.5 Å². The van der Waals surface area contributed by atoms with Crippen LogP contribution in [0.5, 0.6) is 0 Å². The summed E-state index contributed by atoms with van der Waals surface area (Å²) in [5, 5.41) is 9.80. The van der Waals surface area contributed by atoms with E-state index in [4.69, 9.17) is 21.1 Å². The summed E-state index contributed by atoms with van der Waals surface area (Å²) < 4.78 is 5.79. The maximum Gasteiger partial charge on any atom is 0.209 e. The highest BCUT2D eigenvalue weighted by atomic mass is 35.5. The minimum atomic E-state index is 0.168. The number of benzene rings is 1. The van der Waals surface area contributed by atoms with E-state index < -0.39 is 0 Å². The zero-order valence-corrected chi connectivity index (χ0v) is 11.9. The van der Waals surface area contributed by atoms with Gasteiger partial charge in [-0.15, -0.1) is 0 Å². The number of rotatable bonds is 6. The van der Waals surface area contributed by atoms with Crippen LogP contribution in [0.1, 0.15) is 18.7 Å². The molecule has 1 aromatic carbocycles. The Morgan fingerprint density at radius 1 is 1.30 bits per heavy atom. The van der Waals surface area contributed by atoms with Crippen molar-refractivity contribution in [1.29, 1.82) is 0 Å². The molecule has 0 saturated heterocycles. The van der Waals surface area contributed by atoms with Crippen LogP contribution >= 0.6 is 11.6 Å². The Hall–Kier alpha value is -1.36. The van der Waals surface area contributed by atoms with E-state index in [1.54, 1.807) is 6.20 Å². The Bertz CT molecular complexity index is 564. The predicted octanol–water partition coefficient (Wildman–Crippen LogP) is 2.95. The van der Waals surface area contributed by atoms with Crippen molar-refractivity contribution < 1.29 is 9.52 Å². The molecule has 20 heavy (non-hydrogen) atoms. The summed E-state index contributed by atoms with van der Waals surface area (Å²) in [5.74, 6) is 1.44. The molecule has 0 amide bonds. The lowest BCUT2D eigenvalue weighted by Crippen LogP contribution is -2.28. The third-order valence-electron chi connectivity index (χ3n) is 3.47. The van der Waals surface area contributed by atoms with Crippen LogP contribution in [0.15, 0.2) is 34.9 Å². The summed E-state index contributed by atoms with van der Waals surface area (Å²) in [6.45, 7) is 1.49. The lowest BCUT2D eigenvalue weighted by molar-refractivity contribution is 0.172. The van der Waals surface area contributed by atoms with Gasteiger partial charge in [-0.3, -0.25) is 4.90 Å². The second-order valence-electron chi connectivity index (χ2n) is 5.05. The Labute approximate surface area is 123 Å². The number of halogens is 1.